The molecule has 1 aliphatic rings. The molecule has 3 N–H and O–H groups in total. The highest BCUT2D eigenvalue weighted by molar-refractivity contribution is 7.59. The van der Waals surface area contributed by atoms with Crippen LogP contribution in [0.15, 0.2) is 28.8 Å². The molecule has 0 radical (unpaired) electrons. The molecule has 122 valence electrons. The first-order chi connectivity index (χ1) is 10.9. The maximum Gasteiger partial charge on any atom is 0.391 e. The normalized spacial score (nSPS) is 21.2. The average molecular weight is 337 g/mol. The van der Waals surface area contributed by atoms with Crippen molar-refractivity contribution in [2.45, 2.75) is 19.6 Å². The van der Waals surface area contributed by atoms with Crippen molar-refractivity contribution in [3.05, 3.63) is 35.1 Å². The second kappa shape index (κ2) is 5.82. The van der Waals surface area contributed by atoms with E-state index in [-0.39, 0.29) is 11.9 Å². The van der Waals surface area contributed by atoms with Crippen LogP contribution in [0.25, 0.3) is 24.2 Å². The fourth-order valence-corrected chi connectivity index (χ4v) is 2.74. The molecule has 2 aromatic rings. The van der Waals surface area contributed by atoms with Crippen molar-refractivity contribution in [3.63, 3.8) is 0 Å². The summed E-state index contributed by atoms with van der Waals surface area (Å²) in [6.45, 7) is 6.34. The van der Waals surface area contributed by atoms with Gasteiger partial charge in [-0.1, -0.05) is 6.58 Å². The van der Waals surface area contributed by atoms with Crippen molar-refractivity contribution in [2.75, 3.05) is 0 Å². The molecule has 3 heterocycles. The summed E-state index contributed by atoms with van der Waals surface area (Å²) in [7, 11) is -4.45. The van der Waals surface area contributed by atoms with Crippen LogP contribution < -0.4 is 21.7 Å². The summed E-state index contributed by atoms with van der Waals surface area (Å²) >= 11 is 0. The van der Waals surface area contributed by atoms with E-state index in [0.717, 1.165) is 0 Å². The lowest BCUT2D eigenvalue weighted by molar-refractivity contribution is 0.000589. The molecule has 0 aliphatic carbocycles. The van der Waals surface area contributed by atoms with Crippen LogP contribution in [0.4, 0.5) is 0 Å². The Balaban J connectivity index is 2.16. The van der Waals surface area contributed by atoms with E-state index in [9.17, 15) is 14.4 Å². The third kappa shape index (κ3) is 3.16. The first-order valence-corrected chi connectivity index (χ1v) is 8.47. The fourth-order valence-electron chi connectivity index (χ4n) is 2.26. The standard InChI is InChI=1S/C14H16N3O5P/c1-9-8-17-10(2)11(4-3-7-15-22-9)16-14(17)12-5-6-13(21-12)23(18,19)20/h3-7,9,15H,2,8H2,1H3,(H2,18,19,20)/b7-3-,11-4+. The molecule has 1 atom stereocenters. The number of fused-ring (bicyclic) bond motifs is 2. The highest BCUT2D eigenvalue weighted by Crippen LogP contribution is 2.35. The number of nitrogens with zero attached hydrogens (tertiary/aromatic N) is 2. The molecular weight excluding hydrogens is 321 g/mol. The summed E-state index contributed by atoms with van der Waals surface area (Å²) in [5.74, 6) is 0.697. The van der Waals surface area contributed by atoms with E-state index in [1.165, 1.54) is 12.1 Å². The van der Waals surface area contributed by atoms with Gasteiger partial charge in [0.05, 0.1) is 17.2 Å². The molecule has 0 aromatic carbocycles. The van der Waals surface area contributed by atoms with Gasteiger partial charge in [0, 0.05) is 6.20 Å². The van der Waals surface area contributed by atoms with Gasteiger partial charge in [0.25, 0.3) is 0 Å². The number of allylic oxidation sites excluding steroid dienone is 1. The lowest BCUT2D eigenvalue weighted by Crippen LogP contribution is -2.33. The van der Waals surface area contributed by atoms with Crippen LogP contribution in [0.5, 0.6) is 0 Å². The van der Waals surface area contributed by atoms with Gasteiger partial charge in [-0.05, 0) is 31.2 Å². The summed E-state index contributed by atoms with van der Waals surface area (Å²) in [6.07, 6.45) is 4.93. The Hall–Kier alpha value is -2.12. The molecule has 0 fully saturated rings. The Bertz CT molecular complexity index is 907. The molecule has 0 spiro atoms. The van der Waals surface area contributed by atoms with Gasteiger partial charge in [0.15, 0.2) is 11.6 Å². The highest BCUT2D eigenvalue weighted by atomic mass is 31.2. The molecule has 0 amide bonds. The smallest absolute Gasteiger partial charge is 0.391 e. The molecule has 9 heteroatoms. The van der Waals surface area contributed by atoms with E-state index in [2.05, 4.69) is 17.0 Å². The predicted molar refractivity (Wildman–Crippen MR) is 83.7 cm³/mol. The zero-order valence-electron chi connectivity index (χ0n) is 12.3. The molecule has 3 rings (SSSR count). The summed E-state index contributed by atoms with van der Waals surface area (Å²) in [5.41, 5.74) is 2.31. The van der Waals surface area contributed by atoms with E-state index in [1.807, 2.05) is 6.92 Å². The predicted octanol–water partition coefficient (Wildman–Crippen LogP) is -0.426. The molecule has 2 bridgehead atoms. The Kier molecular flexibility index (Phi) is 3.99. The van der Waals surface area contributed by atoms with E-state index >= 15 is 0 Å². The number of hydrogen-bond acceptors (Lipinski definition) is 5. The average Bonchev–Trinajstić information content (AvgIpc) is 3.05. The monoisotopic (exact) mass is 337 g/mol. The van der Waals surface area contributed by atoms with Crippen LogP contribution in [0.3, 0.4) is 0 Å². The van der Waals surface area contributed by atoms with Crippen LogP contribution >= 0.6 is 7.60 Å². The van der Waals surface area contributed by atoms with Gasteiger partial charge >= 0.3 is 7.60 Å². The van der Waals surface area contributed by atoms with E-state index in [4.69, 9.17) is 9.25 Å². The number of imidazole rings is 1. The van der Waals surface area contributed by atoms with Crippen molar-refractivity contribution >= 4 is 25.8 Å². The van der Waals surface area contributed by atoms with Crippen molar-refractivity contribution < 1.29 is 23.6 Å². The lowest BCUT2D eigenvalue weighted by Gasteiger charge is -2.14. The molecule has 1 aliphatic heterocycles. The van der Waals surface area contributed by atoms with Gasteiger partial charge in [-0.15, -0.1) is 0 Å². The van der Waals surface area contributed by atoms with Crippen LogP contribution in [0, 0.1) is 0 Å². The van der Waals surface area contributed by atoms with Crippen molar-refractivity contribution in [1.29, 1.82) is 0 Å². The quantitative estimate of drug-likeness (QED) is 0.638. The van der Waals surface area contributed by atoms with Gasteiger partial charge in [-0.3, -0.25) is 14.9 Å². The minimum absolute atomic E-state index is 0.185. The first kappa shape index (κ1) is 15.8. The third-order valence-corrected chi connectivity index (χ3v) is 4.14. The third-order valence-electron chi connectivity index (χ3n) is 3.33. The minimum atomic E-state index is -4.45. The lowest BCUT2D eigenvalue weighted by atomic mass is 10.3. The van der Waals surface area contributed by atoms with Gasteiger partial charge < -0.3 is 18.8 Å². The van der Waals surface area contributed by atoms with Crippen LogP contribution in [0.1, 0.15) is 6.92 Å². The van der Waals surface area contributed by atoms with Crippen molar-refractivity contribution in [2.24, 2.45) is 0 Å². The Labute approximate surface area is 131 Å². The summed E-state index contributed by atoms with van der Waals surface area (Å²) in [4.78, 5) is 28.2. The SMILES string of the molecule is C=c1\c2nc(-c3ccc(P(=O)(O)O)o3)n1CC(C)ON/C=C\C=2. The molecule has 8 nitrogen and oxygen atoms in total. The number of aromatic nitrogens is 2. The van der Waals surface area contributed by atoms with Crippen molar-refractivity contribution in [3.8, 4) is 11.6 Å². The zero-order valence-corrected chi connectivity index (χ0v) is 13.2. The number of hydrogen-bond donors (Lipinski definition) is 3. The second-order valence-corrected chi connectivity index (χ2v) is 6.66. The second-order valence-electron chi connectivity index (χ2n) is 5.13. The van der Waals surface area contributed by atoms with Crippen LogP contribution in [0.2, 0.25) is 0 Å². The number of furan rings is 1. The fraction of sp³-hybridized carbons (Fsp3) is 0.214. The highest BCUT2D eigenvalue weighted by Gasteiger charge is 2.24. The van der Waals surface area contributed by atoms with E-state index in [0.29, 0.717) is 23.1 Å². The number of hydroxylamine groups is 1. The van der Waals surface area contributed by atoms with Gasteiger partial charge in [-0.25, -0.2) is 4.98 Å². The largest absolute Gasteiger partial charge is 0.445 e. The van der Waals surface area contributed by atoms with Gasteiger partial charge in [-0.2, -0.15) is 0 Å². The maximum absolute atomic E-state index is 11.3. The topological polar surface area (TPSA) is 110 Å². The Morgan fingerprint density at radius 3 is 2.96 bits per heavy atom. The molecule has 2 aromatic heterocycles. The number of rotatable bonds is 2. The summed E-state index contributed by atoms with van der Waals surface area (Å²) in [5, 5.41) is 1.30. The number of nitrogens with one attached hydrogen (secondary N) is 1. The van der Waals surface area contributed by atoms with Gasteiger partial charge in [0.1, 0.15) is 6.10 Å². The maximum atomic E-state index is 11.3. The van der Waals surface area contributed by atoms with E-state index < -0.39 is 13.1 Å². The zero-order chi connectivity index (χ0) is 16.6. The molecule has 0 saturated heterocycles. The Morgan fingerprint density at radius 1 is 1.48 bits per heavy atom. The Morgan fingerprint density at radius 2 is 2.26 bits per heavy atom. The minimum Gasteiger partial charge on any atom is -0.445 e. The summed E-state index contributed by atoms with van der Waals surface area (Å²) in [6, 6.07) is 2.73. The van der Waals surface area contributed by atoms with Crippen LogP contribution in [-0.2, 0) is 15.9 Å². The molecule has 0 saturated carbocycles. The summed E-state index contributed by atoms with van der Waals surface area (Å²) < 4.78 is 18.4. The van der Waals surface area contributed by atoms with Crippen molar-refractivity contribution in [1.82, 2.24) is 15.0 Å². The molecule has 23 heavy (non-hydrogen) atoms. The van der Waals surface area contributed by atoms with E-state index in [1.54, 1.807) is 22.9 Å². The molecular formula is C14H16N3O5P. The molecule has 1 unspecified atom stereocenters. The first-order valence-electron chi connectivity index (χ1n) is 6.86. The van der Waals surface area contributed by atoms with Gasteiger partial charge in [0.2, 0.25) is 5.50 Å². The van der Waals surface area contributed by atoms with Crippen LogP contribution in [-0.4, -0.2) is 25.4 Å².